The minimum absolute atomic E-state index is 0.0764. The Morgan fingerprint density at radius 3 is 3.40 bits per heavy atom. The zero-order valence-electron chi connectivity index (χ0n) is 8.47. The van der Waals surface area contributed by atoms with Gasteiger partial charge in [0, 0.05) is 6.07 Å². The van der Waals surface area contributed by atoms with Gasteiger partial charge in [0.05, 0.1) is 19.2 Å². The number of esters is 1. The molecule has 1 atom stereocenters. The van der Waals surface area contributed by atoms with Crippen LogP contribution in [0.2, 0.25) is 0 Å². The lowest BCUT2D eigenvalue weighted by Gasteiger charge is -2.19. The molecule has 82 valence electrons. The summed E-state index contributed by atoms with van der Waals surface area (Å²) in [5.41, 5.74) is 5.96. The van der Waals surface area contributed by atoms with E-state index in [0.29, 0.717) is 25.6 Å². The molecule has 0 aromatic carbocycles. The van der Waals surface area contributed by atoms with Crippen LogP contribution < -0.4 is 10.5 Å². The summed E-state index contributed by atoms with van der Waals surface area (Å²) in [7, 11) is 0. The molecule has 6 heteroatoms. The Morgan fingerprint density at radius 1 is 1.87 bits per heavy atom. The van der Waals surface area contributed by atoms with Crippen LogP contribution in [0.5, 0.6) is 5.88 Å². The molecule has 0 radical (unpaired) electrons. The molecule has 1 unspecified atom stereocenters. The highest BCUT2D eigenvalue weighted by atomic mass is 16.5. The second-order valence-electron chi connectivity index (χ2n) is 3.34. The number of rotatable bonds is 2. The molecule has 2 heterocycles. The number of nitrogens with zero attached hydrogens (tertiary/aromatic N) is 2. The number of hydrogen-bond donors (Lipinski definition) is 1. The van der Waals surface area contributed by atoms with Crippen molar-refractivity contribution in [3.63, 3.8) is 0 Å². The first-order chi connectivity index (χ1) is 7.20. The van der Waals surface area contributed by atoms with Crippen LogP contribution in [0.3, 0.4) is 0 Å². The Morgan fingerprint density at radius 2 is 2.67 bits per heavy atom. The molecule has 1 aromatic rings. The summed E-state index contributed by atoms with van der Waals surface area (Å²) in [4.78, 5) is 11.4. The largest absolute Gasteiger partial charge is 0.476 e. The highest BCUT2D eigenvalue weighted by molar-refractivity contribution is 5.87. The number of carbonyl (C=O) groups is 1. The van der Waals surface area contributed by atoms with Crippen LogP contribution >= 0.6 is 0 Å². The molecule has 0 bridgehead atoms. The SMILES string of the molecule is CCOC(=O)c1cc2n(n1)CC(N)CO2. The van der Waals surface area contributed by atoms with Crippen molar-refractivity contribution in [2.45, 2.75) is 19.5 Å². The van der Waals surface area contributed by atoms with E-state index in [0.717, 1.165) is 0 Å². The first-order valence-corrected chi connectivity index (χ1v) is 4.84. The lowest BCUT2D eigenvalue weighted by molar-refractivity contribution is 0.0518. The van der Waals surface area contributed by atoms with Gasteiger partial charge in [-0.25, -0.2) is 9.48 Å². The summed E-state index contributed by atoms with van der Waals surface area (Å²) in [6, 6.07) is 1.50. The van der Waals surface area contributed by atoms with E-state index in [-0.39, 0.29) is 11.7 Å². The molecule has 0 saturated heterocycles. The molecular formula is C9H13N3O3. The van der Waals surface area contributed by atoms with Crippen LogP contribution in [0.1, 0.15) is 17.4 Å². The first-order valence-electron chi connectivity index (χ1n) is 4.84. The van der Waals surface area contributed by atoms with E-state index in [1.165, 1.54) is 0 Å². The predicted octanol–water partition coefficient (Wildman–Crippen LogP) is -0.221. The van der Waals surface area contributed by atoms with Gasteiger partial charge in [-0.1, -0.05) is 0 Å². The smallest absolute Gasteiger partial charge is 0.358 e. The van der Waals surface area contributed by atoms with Crippen molar-refractivity contribution < 1.29 is 14.3 Å². The summed E-state index contributed by atoms with van der Waals surface area (Å²) >= 11 is 0. The third-order valence-corrected chi connectivity index (χ3v) is 2.08. The van der Waals surface area contributed by atoms with Gasteiger partial charge in [-0.3, -0.25) is 0 Å². The average molecular weight is 211 g/mol. The van der Waals surface area contributed by atoms with Crippen LogP contribution in [0, 0.1) is 0 Å². The fraction of sp³-hybridized carbons (Fsp3) is 0.556. The maximum absolute atomic E-state index is 11.4. The van der Waals surface area contributed by atoms with E-state index in [1.807, 2.05) is 0 Å². The molecule has 0 aliphatic carbocycles. The maximum Gasteiger partial charge on any atom is 0.358 e. The quantitative estimate of drug-likeness (QED) is 0.684. The average Bonchev–Trinajstić information content (AvgIpc) is 2.60. The molecule has 0 fully saturated rings. The molecule has 0 saturated carbocycles. The topological polar surface area (TPSA) is 79.4 Å². The van der Waals surface area contributed by atoms with Crippen molar-refractivity contribution in [1.29, 1.82) is 0 Å². The molecule has 0 amide bonds. The molecule has 0 spiro atoms. The van der Waals surface area contributed by atoms with Gasteiger partial charge in [0.25, 0.3) is 0 Å². The highest BCUT2D eigenvalue weighted by Gasteiger charge is 2.21. The second-order valence-corrected chi connectivity index (χ2v) is 3.34. The lowest BCUT2D eigenvalue weighted by atomic mass is 10.3. The van der Waals surface area contributed by atoms with Gasteiger partial charge in [0.15, 0.2) is 5.69 Å². The Balaban J connectivity index is 2.19. The Labute approximate surface area is 87.0 Å². The van der Waals surface area contributed by atoms with Crippen LogP contribution in [-0.4, -0.2) is 35.0 Å². The van der Waals surface area contributed by atoms with E-state index in [1.54, 1.807) is 17.7 Å². The van der Waals surface area contributed by atoms with E-state index in [4.69, 9.17) is 15.2 Å². The normalized spacial score (nSPS) is 19.2. The van der Waals surface area contributed by atoms with Gasteiger partial charge in [-0.2, -0.15) is 5.10 Å². The molecule has 1 aliphatic heterocycles. The number of fused-ring (bicyclic) bond motifs is 1. The molecule has 6 nitrogen and oxygen atoms in total. The van der Waals surface area contributed by atoms with E-state index >= 15 is 0 Å². The minimum Gasteiger partial charge on any atom is -0.476 e. The standard InChI is InChI=1S/C9H13N3O3/c1-2-14-9(13)7-3-8-12(11-7)4-6(10)5-15-8/h3,6H,2,4-5,10H2,1H3. The fourth-order valence-electron chi connectivity index (χ4n) is 1.42. The van der Waals surface area contributed by atoms with Crippen LogP contribution in [0.4, 0.5) is 0 Å². The highest BCUT2D eigenvalue weighted by Crippen LogP contribution is 2.18. The Bertz CT molecular complexity index is 375. The number of aromatic nitrogens is 2. The third kappa shape index (κ3) is 1.94. The van der Waals surface area contributed by atoms with E-state index in [2.05, 4.69) is 5.10 Å². The molecule has 2 N–H and O–H groups in total. The number of ether oxygens (including phenoxy) is 2. The zero-order valence-corrected chi connectivity index (χ0v) is 8.47. The van der Waals surface area contributed by atoms with Crippen molar-refractivity contribution in [2.75, 3.05) is 13.2 Å². The predicted molar refractivity (Wildman–Crippen MR) is 51.7 cm³/mol. The first kappa shape index (κ1) is 9.97. The Hall–Kier alpha value is -1.56. The van der Waals surface area contributed by atoms with Gasteiger partial charge in [0.2, 0.25) is 5.88 Å². The molecule has 1 aliphatic rings. The number of carbonyl (C=O) groups excluding carboxylic acids is 1. The van der Waals surface area contributed by atoms with Crippen molar-refractivity contribution in [2.24, 2.45) is 5.73 Å². The minimum atomic E-state index is -0.434. The van der Waals surface area contributed by atoms with E-state index in [9.17, 15) is 4.79 Å². The van der Waals surface area contributed by atoms with Crippen molar-refractivity contribution in [1.82, 2.24) is 9.78 Å². The van der Waals surface area contributed by atoms with Gasteiger partial charge < -0.3 is 15.2 Å². The van der Waals surface area contributed by atoms with Crippen LogP contribution in [-0.2, 0) is 11.3 Å². The fourth-order valence-corrected chi connectivity index (χ4v) is 1.42. The lowest BCUT2D eigenvalue weighted by Crippen LogP contribution is -2.37. The van der Waals surface area contributed by atoms with Gasteiger partial charge in [0.1, 0.15) is 6.61 Å². The Kier molecular flexibility index (Phi) is 2.59. The summed E-state index contributed by atoms with van der Waals surface area (Å²) in [6.07, 6.45) is 0. The van der Waals surface area contributed by atoms with Gasteiger partial charge >= 0.3 is 5.97 Å². The zero-order chi connectivity index (χ0) is 10.8. The molecule has 2 rings (SSSR count). The monoisotopic (exact) mass is 211 g/mol. The second kappa shape index (κ2) is 3.90. The molecule has 1 aromatic heterocycles. The number of hydrogen-bond acceptors (Lipinski definition) is 5. The summed E-state index contributed by atoms with van der Waals surface area (Å²) in [6.45, 7) is 3.10. The summed E-state index contributed by atoms with van der Waals surface area (Å²) in [5, 5.41) is 4.06. The van der Waals surface area contributed by atoms with E-state index < -0.39 is 5.97 Å². The van der Waals surface area contributed by atoms with Crippen molar-refractivity contribution >= 4 is 5.97 Å². The maximum atomic E-state index is 11.4. The third-order valence-electron chi connectivity index (χ3n) is 2.08. The van der Waals surface area contributed by atoms with Crippen LogP contribution in [0.15, 0.2) is 6.07 Å². The van der Waals surface area contributed by atoms with Crippen LogP contribution in [0.25, 0.3) is 0 Å². The molecular weight excluding hydrogens is 198 g/mol. The van der Waals surface area contributed by atoms with Crippen molar-refractivity contribution in [3.05, 3.63) is 11.8 Å². The van der Waals surface area contributed by atoms with Gasteiger partial charge in [-0.05, 0) is 6.92 Å². The summed E-state index contributed by atoms with van der Waals surface area (Å²) in [5.74, 6) is 0.135. The molecule has 15 heavy (non-hydrogen) atoms. The summed E-state index contributed by atoms with van der Waals surface area (Å²) < 4.78 is 11.7. The van der Waals surface area contributed by atoms with Gasteiger partial charge in [-0.15, -0.1) is 0 Å². The van der Waals surface area contributed by atoms with Crippen molar-refractivity contribution in [3.8, 4) is 5.88 Å². The number of nitrogens with two attached hydrogens (primary N) is 1.